The highest BCUT2D eigenvalue weighted by Crippen LogP contribution is 2.07. The summed E-state index contributed by atoms with van der Waals surface area (Å²) in [5.41, 5.74) is 0. The number of carbonyl (C=O) groups excluding carboxylic acids is 1. The summed E-state index contributed by atoms with van der Waals surface area (Å²) in [4.78, 5) is 26.1. The Labute approximate surface area is 98.6 Å². The second kappa shape index (κ2) is 5.42. The summed E-state index contributed by atoms with van der Waals surface area (Å²) >= 11 is 0. The normalized spacial score (nSPS) is 12.5. The lowest BCUT2D eigenvalue weighted by molar-refractivity contribution is -0.140. The Morgan fingerprint density at radius 1 is 1.41 bits per heavy atom. The highest BCUT2D eigenvalue weighted by Gasteiger charge is 2.16. The third-order valence-corrected chi connectivity index (χ3v) is 2.24. The van der Waals surface area contributed by atoms with Crippen molar-refractivity contribution in [1.82, 2.24) is 20.5 Å². The minimum atomic E-state index is -0.955. The highest BCUT2D eigenvalue weighted by atomic mass is 16.4. The number of nitrogens with zero attached hydrogens (tertiary/aromatic N) is 2. The van der Waals surface area contributed by atoms with Crippen molar-refractivity contribution < 1.29 is 14.7 Å². The zero-order chi connectivity index (χ0) is 13.0. The van der Waals surface area contributed by atoms with E-state index in [9.17, 15) is 9.59 Å². The Hall–Kier alpha value is -1.92. The van der Waals surface area contributed by atoms with Crippen molar-refractivity contribution in [3.05, 3.63) is 11.6 Å². The molecule has 1 heterocycles. The minimum Gasteiger partial charge on any atom is -0.481 e. The molecule has 7 nitrogen and oxygen atoms in total. The first kappa shape index (κ1) is 13.1. The summed E-state index contributed by atoms with van der Waals surface area (Å²) in [5.74, 6) is -1.25. The average molecular weight is 240 g/mol. The van der Waals surface area contributed by atoms with E-state index in [2.05, 4.69) is 20.5 Å². The quantitative estimate of drug-likeness (QED) is 0.689. The number of hydrogen-bond acceptors (Lipinski definition) is 4. The van der Waals surface area contributed by atoms with Crippen LogP contribution in [0.15, 0.2) is 0 Å². The van der Waals surface area contributed by atoms with Crippen molar-refractivity contribution in [2.24, 2.45) is 5.92 Å². The van der Waals surface area contributed by atoms with Gasteiger partial charge in [-0.25, -0.2) is 4.98 Å². The standard InChI is InChI=1S/C10H16N4O3/c1-5(2)7-12-8(14-13-7)9(15)11-4-6(3)10(16)17/h5-6H,4H2,1-3H3,(H,11,15)(H,16,17)(H,12,13,14). The van der Waals surface area contributed by atoms with Gasteiger partial charge in [-0.3, -0.25) is 14.7 Å². The van der Waals surface area contributed by atoms with Crippen molar-refractivity contribution in [1.29, 1.82) is 0 Å². The number of aliphatic carboxylic acids is 1. The zero-order valence-corrected chi connectivity index (χ0v) is 10.0. The van der Waals surface area contributed by atoms with E-state index in [1.807, 2.05) is 13.8 Å². The molecule has 0 aliphatic rings. The molecular formula is C10H16N4O3. The number of H-pyrrole nitrogens is 1. The Balaban J connectivity index is 2.55. The van der Waals surface area contributed by atoms with Crippen LogP contribution in [0.3, 0.4) is 0 Å². The van der Waals surface area contributed by atoms with Gasteiger partial charge in [-0.2, -0.15) is 0 Å². The van der Waals surface area contributed by atoms with E-state index >= 15 is 0 Å². The van der Waals surface area contributed by atoms with Gasteiger partial charge >= 0.3 is 5.97 Å². The number of carboxylic acids is 1. The van der Waals surface area contributed by atoms with Crippen molar-refractivity contribution >= 4 is 11.9 Å². The lowest BCUT2D eigenvalue weighted by atomic mass is 10.2. The van der Waals surface area contributed by atoms with Gasteiger partial charge in [0.05, 0.1) is 5.92 Å². The number of aromatic nitrogens is 3. The molecule has 7 heteroatoms. The number of aromatic amines is 1. The molecule has 1 atom stereocenters. The lowest BCUT2D eigenvalue weighted by Crippen LogP contribution is -2.32. The monoisotopic (exact) mass is 240 g/mol. The summed E-state index contributed by atoms with van der Waals surface area (Å²) in [6.45, 7) is 5.42. The number of carboxylic acid groups (broad SMARTS) is 1. The van der Waals surface area contributed by atoms with Gasteiger partial charge in [0.25, 0.3) is 5.91 Å². The first-order chi connectivity index (χ1) is 7.91. The second-order valence-electron chi connectivity index (χ2n) is 4.15. The molecule has 1 unspecified atom stereocenters. The van der Waals surface area contributed by atoms with Gasteiger partial charge in [-0.05, 0) is 0 Å². The topological polar surface area (TPSA) is 108 Å². The Bertz CT molecular complexity index is 413. The SMILES string of the molecule is CC(CNC(=O)c1n[nH]c(C(C)C)n1)C(=O)O. The maximum Gasteiger partial charge on any atom is 0.308 e. The number of carbonyl (C=O) groups is 2. The summed E-state index contributed by atoms with van der Waals surface area (Å²) in [7, 11) is 0. The van der Waals surface area contributed by atoms with Crippen molar-refractivity contribution in [3.63, 3.8) is 0 Å². The molecule has 3 N–H and O–H groups in total. The summed E-state index contributed by atoms with van der Waals surface area (Å²) in [6.07, 6.45) is 0. The first-order valence-electron chi connectivity index (χ1n) is 5.35. The molecule has 0 aromatic carbocycles. The molecular weight excluding hydrogens is 224 g/mol. The van der Waals surface area contributed by atoms with Crippen molar-refractivity contribution in [2.45, 2.75) is 26.7 Å². The Morgan fingerprint density at radius 3 is 2.53 bits per heavy atom. The number of nitrogens with one attached hydrogen (secondary N) is 2. The van der Waals surface area contributed by atoms with Gasteiger partial charge < -0.3 is 10.4 Å². The van der Waals surface area contributed by atoms with Crippen LogP contribution in [0, 0.1) is 5.92 Å². The van der Waals surface area contributed by atoms with Crippen LogP contribution in [-0.2, 0) is 4.79 Å². The smallest absolute Gasteiger partial charge is 0.308 e. The van der Waals surface area contributed by atoms with E-state index in [0.717, 1.165) is 0 Å². The maximum absolute atomic E-state index is 11.6. The van der Waals surface area contributed by atoms with E-state index in [4.69, 9.17) is 5.11 Å². The number of amides is 1. The summed E-state index contributed by atoms with van der Waals surface area (Å²) < 4.78 is 0. The Morgan fingerprint density at radius 2 is 2.06 bits per heavy atom. The minimum absolute atomic E-state index is 0.0336. The van der Waals surface area contributed by atoms with Crippen LogP contribution < -0.4 is 5.32 Å². The van der Waals surface area contributed by atoms with Crippen LogP contribution in [0.25, 0.3) is 0 Å². The fourth-order valence-electron chi connectivity index (χ4n) is 1.05. The summed E-state index contributed by atoms with van der Waals surface area (Å²) in [6, 6.07) is 0. The van der Waals surface area contributed by atoms with Crippen LogP contribution in [-0.4, -0.2) is 38.7 Å². The summed E-state index contributed by atoms with van der Waals surface area (Å²) in [5, 5.41) is 17.5. The van der Waals surface area contributed by atoms with Crippen LogP contribution in [0.5, 0.6) is 0 Å². The van der Waals surface area contributed by atoms with Crippen LogP contribution in [0.1, 0.15) is 43.1 Å². The van der Waals surface area contributed by atoms with E-state index in [1.165, 1.54) is 6.92 Å². The van der Waals surface area contributed by atoms with Crippen LogP contribution >= 0.6 is 0 Å². The molecule has 0 saturated carbocycles. The van der Waals surface area contributed by atoms with Gasteiger partial charge in [-0.15, -0.1) is 5.10 Å². The molecule has 0 saturated heterocycles. The molecule has 94 valence electrons. The van der Waals surface area contributed by atoms with Gasteiger partial charge in [0.1, 0.15) is 5.82 Å². The van der Waals surface area contributed by atoms with Gasteiger partial charge in [0.2, 0.25) is 5.82 Å². The van der Waals surface area contributed by atoms with Crippen LogP contribution in [0.2, 0.25) is 0 Å². The fourth-order valence-corrected chi connectivity index (χ4v) is 1.05. The molecule has 0 aliphatic heterocycles. The maximum atomic E-state index is 11.6. The Kier molecular flexibility index (Phi) is 4.19. The highest BCUT2D eigenvalue weighted by molar-refractivity contribution is 5.90. The van der Waals surface area contributed by atoms with Gasteiger partial charge in [-0.1, -0.05) is 20.8 Å². The van der Waals surface area contributed by atoms with E-state index in [1.54, 1.807) is 0 Å². The average Bonchev–Trinajstić information content (AvgIpc) is 2.74. The van der Waals surface area contributed by atoms with Gasteiger partial charge in [0, 0.05) is 12.5 Å². The lowest BCUT2D eigenvalue weighted by Gasteiger charge is -2.05. The van der Waals surface area contributed by atoms with E-state index in [-0.39, 0.29) is 18.3 Å². The third-order valence-electron chi connectivity index (χ3n) is 2.24. The first-order valence-corrected chi connectivity index (χ1v) is 5.35. The van der Waals surface area contributed by atoms with E-state index < -0.39 is 17.8 Å². The molecule has 0 spiro atoms. The molecule has 0 bridgehead atoms. The molecule has 0 fully saturated rings. The molecule has 1 rings (SSSR count). The van der Waals surface area contributed by atoms with Crippen molar-refractivity contribution in [3.8, 4) is 0 Å². The molecule has 1 aromatic heterocycles. The molecule has 1 aromatic rings. The predicted molar refractivity (Wildman–Crippen MR) is 59.6 cm³/mol. The number of rotatable bonds is 5. The fraction of sp³-hybridized carbons (Fsp3) is 0.600. The molecule has 17 heavy (non-hydrogen) atoms. The molecule has 0 aliphatic carbocycles. The predicted octanol–water partition coefficient (Wildman–Crippen LogP) is 0.379. The third kappa shape index (κ3) is 3.54. The van der Waals surface area contributed by atoms with Gasteiger partial charge in [0.15, 0.2) is 0 Å². The number of hydrogen-bond donors (Lipinski definition) is 3. The van der Waals surface area contributed by atoms with Crippen molar-refractivity contribution in [2.75, 3.05) is 6.54 Å². The van der Waals surface area contributed by atoms with E-state index in [0.29, 0.717) is 5.82 Å². The largest absolute Gasteiger partial charge is 0.481 e. The zero-order valence-electron chi connectivity index (χ0n) is 10.0. The van der Waals surface area contributed by atoms with Crippen LogP contribution in [0.4, 0.5) is 0 Å². The molecule has 0 radical (unpaired) electrons. The second-order valence-corrected chi connectivity index (χ2v) is 4.15. The molecule has 1 amide bonds.